The number of amides is 1. The number of nitrogens with zero attached hydrogens (tertiary/aromatic N) is 3. The van der Waals surface area contributed by atoms with E-state index in [1.165, 1.54) is 36.4 Å². The van der Waals surface area contributed by atoms with Crippen LogP contribution in [-0.2, 0) is 21.4 Å². The summed E-state index contributed by atoms with van der Waals surface area (Å²) in [6, 6.07) is 9.43. The molecule has 1 aromatic heterocycles. The minimum atomic E-state index is -4.11. The Kier molecular flexibility index (Phi) is 9.13. The molecule has 34 heavy (non-hydrogen) atoms. The van der Waals surface area contributed by atoms with Crippen LogP contribution < -0.4 is 5.73 Å². The Morgan fingerprint density at radius 1 is 1.18 bits per heavy atom. The second-order valence-electron chi connectivity index (χ2n) is 6.72. The van der Waals surface area contributed by atoms with Crippen molar-refractivity contribution >= 4 is 27.5 Å². The third-order valence-corrected chi connectivity index (χ3v) is 6.26. The van der Waals surface area contributed by atoms with Crippen LogP contribution in [0.25, 0.3) is 11.4 Å². The van der Waals surface area contributed by atoms with E-state index < -0.39 is 47.4 Å². The standard InChI is InChI=1S/C17H14ClFN4O4S.C3H5F3/c18-13-3-5-14(6-4-13)28(25,26)23(9-16(20)24)8-12-2-1-11(7-15(12)19)17-21-10-27-22-17;1-2-3(4,5)6/h1-7,10H,8-9H2,(H2,20,24);2H2,1H3. The Bertz CT molecular complexity index is 1200. The number of hydrogen-bond donors (Lipinski definition) is 1. The number of rotatable bonds is 7. The zero-order valence-corrected chi connectivity index (χ0v) is 19.2. The van der Waals surface area contributed by atoms with Gasteiger partial charge in [-0.3, -0.25) is 4.79 Å². The zero-order valence-electron chi connectivity index (χ0n) is 17.6. The third kappa shape index (κ3) is 7.78. The van der Waals surface area contributed by atoms with Crippen LogP contribution in [-0.4, -0.2) is 41.5 Å². The molecule has 0 fully saturated rings. The molecule has 0 radical (unpaired) electrons. The Labute approximate surface area is 197 Å². The van der Waals surface area contributed by atoms with Crippen molar-refractivity contribution < 1.29 is 35.3 Å². The van der Waals surface area contributed by atoms with Crippen molar-refractivity contribution in [2.45, 2.75) is 31.0 Å². The van der Waals surface area contributed by atoms with Gasteiger partial charge in [0, 0.05) is 29.1 Å². The molecule has 14 heteroatoms. The van der Waals surface area contributed by atoms with Crippen LogP contribution >= 0.6 is 11.6 Å². The third-order valence-electron chi connectivity index (χ3n) is 4.20. The normalized spacial score (nSPS) is 11.7. The zero-order chi connectivity index (χ0) is 25.5. The Hall–Kier alpha value is -3.03. The summed E-state index contributed by atoms with van der Waals surface area (Å²) in [6.45, 7) is 0.0727. The molecule has 8 nitrogen and oxygen atoms in total. The molecule has 0 saturated carbocycles. The van der Waals surface area contributed by atoms with E-state index in [1.807, 2.05) is 0 Å². The van der Waals surface area contributed by atoms with Crippen LogP contribution in [0.1, 0.15) is 18.9 Å². The lowest BCUT2D eigenvalue weighted by Crippen LogP contribution is -2.38. The maximum absolute atomic E-state index is 14.5. The molecule has 3 rings (SSSR count). The van der Waals surface area contributed by atoms with Crippen LogP contribution in [0.15, 0.2) is 58.3 Å². The fourth-order valence-electron chi connectivity index (χ4n) is 2.46. The molecule has 1 amide bonds. The summed E-state index contributed by atoms with van der Waals surface area (Å²) in [7, 11) is -4.11. The minimum Gasteiger partial charge on any atom is -0.369 e. The highest BCUT2D eigenvalue weighted by molar-refractivity contribution is 7.89. The molecule has 0 saturated heterocycles. The molecule has 1 heterocycles. The Morgan fingerprint density at radius 3 is 2.26 bits per heavy atom. The lowest BCUT2D eigenvalue weighted by molar-refractivity contribution is -0.130. The van der Waals surface area contributed by atoms with E-state index in [2.05, 4.69) is 14.7 Å². The van der Waals surface area contributed by atoms with Crippen LogP contribution in [0.4, 0.5) is 17.6 Å². The first kappa shape index (κ1) is 27.2. The average molecular weight is 523 g/mol. The molecular formula is C20H19ClF4N4O4S. The first-order chi connectivity index (χ1) is 15.8. The van der Waals surface area contributed by atoms with Gasteiger partial charge in [0.1, 0.15) is 5.82 Å². The van der Waals surface area contributed by atoms with Gasteiger partial charge in [0.15, 0.2) is 0 Å². The van der Waals surface area contributed by atoms with Crippen molar-refractivity contribution in [2.24, 2.45) is 5.73 Å². The molecule has 0 bridgehead atoms. The maximum Gasteiger partial charge on any atom is 0.388 e. The Morgan fingerprint density at radius 2 is 1.79 bits per heavy atom. The molecule has 0 unspecified atom stereocenters. The number of nitrogens with two attached hydrogens (primary N) is 1. The second kappa shape index (κ2) is 11.4. The van der Waals surface area contributed by atoms with E-state index in [0.29, 0.717) is 10.6 Å². The maximum atomic E-state index is 14.5. The van der Waals surface area contributed by atoms with Gasteiger partial charge >= 0.3 is 6.18 Å². The number of carbonyl (C=O) groups excluding carboxylic acids is 1. The monoisotopic (exact) mass is 522 g/mol. The number of alkyl halides is 3. The summed E-state index contributed by atoms with van der Waals surface area (Å²) in [5, 5.41) is 3.96. The first-order valence-electron chi connectivity index (χ1n) is 9.49. The van der Waals surface area contributed by atoms with E-state index >= 15 is 0 Å². The van der Waals surface area contributed by atoms with Crippen molar-refractivity contribution in [3.63, 3.8) is 0 Å². The molecule has 0 aliphatic heterocycles. The molecule has 2 aromatic carbocycles. The van der Waals surface area contributed by atoms with Gasteiger partial charge in [0.25, 0.3) is 0 Å². The molecule has 3 aromatic rings. The number of sulfonamides is 1. The summed E-state index contributed by atoms with van der Waals surface area (Å²) in [6.07, 6.45) is -3.58. The molecule has 184 valence electrons. The summed E-state index contributed by atoms with van der Waals surface area (Å²) in [4.78, 5) is 15.1. The number of hydrogen-bond acceptors (Lipinski definition) is 6. The fraction of sp³-hybridized carbons (Fsp3) is 0.250. The highest BCUT2D eigenvalue weighted by Crippen LogP contribution is 2.24. The van der Waals surface area contributed by atoms with Gasteiger partial charge in [0.05, 0.1) is 11.4 Å². The van der Waals surface area contributed by atoms with Crippen molar-refractivity contribution in [1.29, 1.82) is 0 Å². The summed E-state index contributed by atoms with van der Waals surface area (Å²) >= 11 is 5.78. The van der Waals surface area contributed by atoms with E-state index in [4.69, 9.17) is 17.3 Å². The molecule has 0 atom stereocenters. The van der Waals surface area contributed by atoms with E-state index in [-0.39, 0.29) is 16.3 Å². The van der Waals surface area contributed by atoms with Crippen LogP contribution in [0, 0.1) is 5.82 Å². The number of aromatic nitrogens is 2. The van der Waals surface area contributed by atoms with Gasteiger partial charge in [-0.2, -0.15) is 22.5 Å². The van der Waals surface area contributed by atoms with Gasteiger partial charge in [-0.15, -0.1) is 0 Å². The van der Waals surface area contributed by atoms with Crippen LogP contribution in [0.2, 0.25) is 5.02 Å². The quantitative estimate of drug-likeness (QED) is 0.465. The smallest absolute Gasteiger partial charge is 0.369 e. The SMILES string of the molecule is CCC(F)(F)F.NC(=O)CN(Cc1ccc(-c2ncon2)cc1F)S(=O)(=O)c1ccc(Cl)cc1. The summed E-state index contributed by atoms with van der Waals surface area (Å²) in [5.74, 6) is -1.38. The molecule has 0 aliphatic carbocycles. The fourth-order valence-corrected chi connectivity index (χ4v) is 3.97. The van der Waals surface area contributed by atoms with Gasteiger partial charge in [-0.1, -0.05) is 35.8 Å². The minimum absolute atomic E-state index is 0.0473. The number of carbonyl (C=O) groups is 1. The number of benzene rings is 2. The van der Waals surface area contributed by atoms with E-state index in [9.17, 15) is 30.8 Å². The van der Waals surface area contributed by atoms with E-state index in [1.54, 1.807) is 0 Å². The highest BCUT2D eigenvalue weighted by atomic mass is 35.5. The van der Waals surface area contributed by atoms with Crippen LogP contribution in [0.5, 0.6) is 0 Å². The largest absolute Gasteiger partial charge is 0.388 e. The predicted octanol–water partition coefficient (Wildman–Crippen LogP) is 4.16. The molecule has 0 spiro atoms. The van der Waals surface area contributed by atoms with Gasteiger partial charge in [-0.25, -0.2) is 12.8 Å². The van der Waals surface area contributed by atoms with Gasteiger partial charge in [0.2, 0.25) is 28.1 Å². The summed E-state index contributed by atoms with van der Waals surface area (Å²) < 4.78 is 78.0. The number of primary amides is 1. The topological polar surface area (TPSA) is 119 Å². The summed E-state index contributed by atoms with van der Waals surface area (Å²) in [5.41, 5.74) is 5.59. The van der Waals surface area contributed by atoms with Crippen molar-refractivity contribution in [1.82, 2.24) is 14.4 Å². The highest BCUT2D eigenvalue weighted by Gasteiger charge is 2.27. The van der Waals surface area contributed by atoms with Gasteiger partial charge in [-0.05, 0) is 30.3 Å². The first-order valence-corrected chi connectivity index (χ1v) is 11.3. The van der Waals surface area contributed by atoms with Crippen molar-refractivity contribution in [3.05, 3.63) is 65.3 Å². The molecular weight excluding hydrogens is 504 g/mol. The Balaban J connectivity index is 0.000000604. The number of halogens is 5. The lowest BCUT2D eigenvalue weighted by Gasteiger charge is -2.21. The average Bonchev–Trinajstić information content (AvgIpc) is 3.29. The van der Waals surface area contributed by atoms with Crippen molar-refractivity contribution in [2.75, 3.05) is 6.54 Å². The predicted molar refractivity (Wildman–Crippen MR) is 114 cm³/mol. The lowest BCUT2D eigenvalue weighted by atomic mass is 10.1. The van der Waals surface area contributed by atoms with Gasteiger partial charge < -0.3 is 10.3 Å². The van der Waals surface area contributed by atoms with E-state index in [0.717, 1.165) is 23.7 Å². The second-order valence-corrected chi connectivity index (χ2v) is 9.10. The molecule has 0 aliphatic rings. The van der Waals surface area contributed by atoms with Crippen molar-refractivity contribution in [3.8, 4) is 11.4 Å². The molecule has 2 N–H and O–H groups in total. The van der Waals surface area contributed by atoms with Crippen LogP contribution in [0.3, 0.4) is 0 Å².